The Morgan fingerprint density at radius 3 is 1.81 bits per heavy atom. The van der Waals surface area contributed by atoms with Crippen LogP contribution in [0, 0.1) is 13.8 Å². The monoisotopic (exact) mass is 293 g/mol. The SMILES string of the molecule is CC.CC.CC.Cc1cc2c(C)c(C(C)C)n(C)c2nn1. The van der Waals surface area contributed by atoms with Gasteiger partial charge in [0.1, 0.15) is 0 Å². The lowest BCUT2D eigenvalue weighted by molar-refractivity contribution is 0.740. The highest BCUT2D eigenvalue weighted by molar-refractivity contribution is 5.82. The second-order valence-corrected chi connectivity index (χ2v) is 4.45. The first-order chi connectivity index (χ1) is 10.0. The zero-order valence-corrected chi connectivity index (χ0v) is 16.0. The molecule has 0 unspecified atom stereocenters. The number of nitrogens with zero attached hydrogens (tertiary/aromatic N) is 3. The second-order valence-electron chi connectivity index (χ2n) is 4.45. The van der Waals surface area contributed by atoms with Gasteiger partial charge < -0.3 is 4.57 Å². The van der Waals surface area contributed by atoms with Gasteiger partial charge in [0, 0.05) is 18.1 Å². The quantitative estimate of drug-likeness (QED) is 0.666. The van der Waals surface area contributed by atoms with E-state index in [-0.39, 0.29) is 0 Å². The average Bonchev–Trinajstić information content (AvgIpc) is 2.76. The first-order valence-electron chi connectivity index (χ1n) is 8.31. The lowest BCUT2D eigenvalue weighted by atomic mass is 10.1. The van der Waals surface area contributed by atoms with E-state index < -0.39 is 0 Å². The highest BCUT2D eigenvalue weighted by Gasteiger charge is 2.15. The molecule has 0 saturated carbocycles. The van der Waals surface area contributed by atoms with Crippen molar-refractivity contribution in [1.82, 2.24) is 14.8 Å². The Kier molecular flexibility index (Phi) is 11.8. The van der Waals surface area contributed by atoms with Gasteiger partial charge in [0.2, 0.25) is 0 Å². The minimum atomic E-state index is 0.518. The van der Waals surface area contributed by atoms with E-state index in [0.29, 0.717) is 5.92 Å². The van der Waals surface area contributed by atoms with Gasteiger partial charge in [-0.1, -0.05) is 55.4 Å². The molecule has 0 bridgehead atoms. The second kappa shape index (κ2) is 11.3. The fourth-order valence-corrected chi connectivity index (χ4v) is 2.33. The van der Waals surface area contributed by atoms with Crippen LogP contribution in [0.3, 0.4) is 0 Å². The summed E-state index contributed by atoms with van der Waals surface area (Å²) >= 11 is 0. The molecule has 21 heavy (non-hydrogen) atoms. The molecular formula is C18H35N3. The summed E-state index contributed by atoms with van der Waals surface area (Å²) < 4.78 is 2.15. The summed E-state index contributed by atoms with van der Waals surface area (Å²) in [6, 6.07) is 2.11. The third kappa shape index (κ3) is 5.14. The van der Waals surface area contributed by atoms with Crippen molar-refractivity contribution >= 4 is 11.0 Å². The Morgan fingerprint density at radius 1 is 0.905 bits per heavy atom. The highest BCUT2D eigenvalue weighted by atomic mass is 15.2. The van der Waals surface area contributed by atoms with Gasteiger partial charge in [-0.3, -0.25) is 0 Å². The Morgan fingerprint density at radius 2 is 1.38 bits per heavy atom. The average molecular weight is 293 g/mol. The molecule has 0 aliphatic heterocycles. The predicted molar refractivity (Wildman–Crippen MR) is 96.1 cm³/mol. The van der Waals surface area contributed by atoms with E-state index in [1.165, 1.54) is 16.6 Å². The van der Waals surface area contributed by atoms with Crippen LogP contribution in [0.1, 0.15) is 78.3 Å². The maximum atomic E-state index is 4.26. The van der Waals surface area contributed by atoms with E-state index in [4.69, 9.17) is 0 Å². The van der Waals surface area contributed by atoms with Gasteiger partial charge in [-0.2, -0.15) is 5.10 Å². The molecule has 0 saturated heterocycles. The van der Waals surface area contributed by atoms with E-state index in [1.54, 1.807) is 0 Å². The highest BCUT2D eigenvalue weighted by Crippen LogP contribution is 2.28. The number of aromatic nitrogens is 3. The summed E-state index contributed by atoms with van der Waals surface area (Å²) in [4.78, 5) is 0. The minimum Gasteiger partial charge on any atom is -0.331 e. The number of fused-ring (bicyclic) bond motifs is 1. The molecule has 2 aromatic rings. The fraction of sp³-hybridized carbons (Fsp3) is 0.667. The molecule has 0 N–H and O–H groups in total. The Balaban J connectivity index is 0. The molecule has 0 radical (unpaired) electrons. The molecule has 0 aromatic carbocycles. The van der Waals surface area contributed by atoms with Crippen LogP contribution in [-0.4, -0.2) is 14.8 Å². The summed E-state index contributed by atoms with van der Waals surface area (Å²) in [5, 5.41) is 9.60. The van der Waals surface area contributed by atoms with Crippen LogP contribution >= 0.6 is 0 Å². The third-order valence-corrected chi connectivity index (χ3v) is 2.91. The van der Waals surface area contributed by atoms with Crippen molar-refractivity contribution in [2.75, 3.05) is 0 Å². The van der Waals surface area contributed by atoms with E-state index in [9.17, 15) is 0 Å². The summed E-state index contributed by atoms with van der Waals surface area (Å²) in [6.07, 6.45) is 0. The largest absolute Gasteiger partial charge is 0.331 e. The normalized spacial score (nSPS) is 9.14. The maximum absolute atomic E-state index is 4.26. The zero-order chi connectivity index (χ0) is 17.2. The molecule has 0 spiro atoms. The van der Waals surface area contributed by atoms with Crippen LogP contribution in [0.15, 0.2) is 6.07 Å². The first kappa shape index (κ1) is 21.9. The van der Waals surface area contributed by atoms with Crippen molar-refractivity contribution in [3.05, 3.63) is 23.0 Å². The van der Waals surface area contributed by atoms with E-state index >= 15 is 0 Å². The molecule has 0 atom stereocenters. The molecule has 3 heteroatoms. The third-order valence-electron chi connectivity index (χ3n) is 2.91. The Labute approximate surface area is 131 Å². The van der Waals surface area contributed by atoms with Crippen LogP contribution < -0.4 is 0 Å². The molecule has 2 rings (SSSR count). The van der Waals surface area contributed by atoms with Gasteiger partial charge in [0.25, 0.3) is 0 Å². The van der Waals surface area contributed by atoms with Crippen LogP contribution in [0.2, 0.25) is 0 Å². The minimum absolute atomic E-state index is 0.518. The van der Waals surface area contributed by atoms with Crippen LogP contribution in [0.25, 0.3) is 11.0 Å². The van der Waals surface area contributed by atoms with E-state index in [2.05, 4.69) is 48.6 Å². The lowest BCUT2D eigenvalue weighted by Gasteiger charge is -2.08. The van der Waals surface area contributed by atoms with Crippen molar-refractivity contribution in [1.29, 1.82) is 0 Å². The van der Waals surface area contributed by atoms with Crippen molar-refractivity contribution in [3.63, 3.8) is 0 Å². The fourth-order valence-electron chi connectivity index (χ4n) is 2.33. The maximum Gasteiger partial charge on any atom is 0.162 e. The molecule has 122 valence electrons. The zero-order valence-electron chi connectivity index (χ0n) is 16.0. The smallest absolute Gasteiger partial charge is 0.162 e. The van der Waals surface area contributed by atoms with Gasteiger partial charge in [-0.25, -0.2) is 0 Å². The van der Waals surface area contributed by atoms with Crippen LogP contribution in [0.5, 0.6) is 0 Å². The van der Waals surface area contributed by atoms with Crippen LogP contribution in [0.4, 0.5) is 0 Å². The molecular weight excluding hydrogens is 258 g/mol. The van der Waals surface area contributed by atoms with E-state index in [0.717, 1.165) is 11.3 Å². The number of aryl methyl sites for hydroxylation is 3. The van der Waals surface area contributed by atoms with Gasteiger partial charge >= 0.3 is 0 Å². The van der Waals surface area contributed by atoms with Gasteiger partial charge in [-0.15, -0.1) is 5.10 Å². The van der Waals surface area contributed by atoms with Crippen molar-refractivity contribution < 1.29 is 0 Å². The van der Waals surface area contributed by atoms with Crippen molar-refractivity contribution in [2.45, 2.75) is 75.2 Å². The lowest BCUT2D eigenvalue weighted by Crippen LogP contribution is -2.00. The molecule has 0 amide bonds. The standard InChI is InChI=1S/C12H17N3.3C2H6/c1-7(2)11-9(4)10-6-8(3)13-14-12(10)15(11)5;3*1-2/h6-7H,1-5H3;3*1-2H3. The van der Waals surface area contributed by atoms with E-state index in [1.807, 2.05) is 48.5 Å². The summed E-state index contributed by atoms with van der Waals surface area (Å²) in [7, 11) is 2.06. The number of hydrogen-bond acceptors (Lipinski definition) is 2. The predicted octanol–water partition coefficient (Wildman–Crippen LogP) is 5.79. The number of rotatable bonds is 1. The molecule has 0 aliphatic carbocycles. The van der Waals surface area contributed by atoms with Crippen molar-refractivity contribution in [3.8, 4) is 0 Å². The molecule has 0 aliphatic rings. The van der Waals surface area contributed by atoms with Crippen LogP contribution in [-0.2, 0) is 7.05 Å². The van der Waals surface area contributed by atoms with Gasteiger partial charge in [-0.05, 0) is 31.4 Å². The Bertz CT molecular complexity index is 511. The summed E-state index contributed by atoms with van der Waals surface area (Å²) in [6.45, 7) is 20.6. The molecule has 0 fully saturated rings. The Hall–Kier alpha value is -1.38. The summed E-state index contributed by atoms with van der Waals surface area (Å²) in [5.41, 5.74) is 4.65. The first-order valence-corrected chi connectivity index (χ1v) is 8.31. The van der Waals surface area contributed by atoms with Gasteiger partial charge in [0.15, 0.2) is 5.65 Å². The number of hydrogen-bond donors (Lipinski definition) is 0. The van der Waals surface area contributed by atoms with Gasteiger partial charge in [0.05, 0.1) is 5.69 Å². The molecule has 2 heterocycles. The summed E-state index contributed by atoms with van der Waals surface area (Å²) in [5.74, 6) is 0.518. The van der Waals surface area contributed by atoms with Crippen molar-refractivity contribution in [2.24, 2.45) is 7.05 Å². The molecule has 2 aromatic heterocycles. The molecule has 3 nitrogen and oxygen atoms in total. The topological polar surface area (TPSA) is 30.7 Å².